The van der Waals surface area contributed by atoms with Gasteiger partial charge in [-0.1, -0.05) is 24.8 Å². The quantitative estimate of drug-likeness (QED) is 0.833. The molecule has 5 nitrogen and oxygen atoms in total. The third-order valence-electron chi connectivity index (χ3n) is 3.58. The van der Waals surface area contributed by atoms with E-state index in [4.69, 9.17) is 0 Å². The number of carbonyl (C=O) groups excluding carboxylic acids is 1. The second-order valence-corrected chi connectivity index (χ2v) is 5.03. The Morgan fingerprint density at radius 3 is 2.86 bits per heavy atom. The second kappa shape index (κ2) is 7.56. The molecule has 1 saturated heterocycles. The first kappa shape index (κ1) is 16.0. The van der Waals surface area contributed by atoms with Crippen molar-refractivity contribution in [1.82, 2.24) is 10.3 Å². The van der Waals surface area contributed by atoms with E-state index in [0.717, 1.165) is 30.3 Å². The van der Waals surface area contributed by atoms with Crippen molar-refractivity contribution in [2.75, 3.05) is 13.7 Å². The molecule has 1 aliphatic rings. The summed E-state index contributed by atoms with van der Waals surface area (Å²) in [5, 5.41) is 4.69. The highest BCUT2D eigenvalue weighted by atomic mass is 16.5. The summed E-state index contributed by atoms with van der Waals surface area (Å²) in [6.07, 6.45) is 5.39. The summed E-state index contributed by atoms with van der Waals surface area (Å²) in [7, 11) is 1.42. The fraction of sp³-hybridized carbons (Fsp3) is 0.294. The minimum absolute atomic E-state index is 0.0324. The Bertz CT molecular complexity index is 715. The summed E-state index contributed by atoms with van der Waals surface area (Å²) in [4.78, 5) is 24.7. The van der Waals surface area contributed by atoms with Crippen molar-refractivity contribution in [3.63, 3.8) is 0 Å². The lowest BCUT2D eigenvalue weighted by Crippen LogP contribution is -2.31. The topological polar surface area (TPSA) is 71.2 Å². The van der Waals surface area contributed by atoms with Gasteiger partial charge in [-0.05, 0) is 42.5 Å². The van der Waals surface area contributed by atoms with Crippen LogP contribution in [0.3, 0.4) is 0 Å². The number of hydrogen-bond donors (Lipinski definition) is 2. The largest absolute Gasteiger partial charge is 0.468 e. The molecule has 0 saturated carbocycles. The molecule has 1 aromatic heterocycles. The van der Waals surface area contributed by atoms with Crippen molar-refractivity contribution in [3.05, 3.63) is 53.0 Å². The summed E-state index contributed by atoms with van der Waals surface area (Å²) >= 11 is 0. The van der Waals surface area contributed by atoms with Crippen LogP contribution in [0.15, 0.2) is 41.8 Å². The van der Waals surface area contributed by atoms with Crippen LogP contribution in [0.4, 0.5) is 0 Å². The predicted octanol–water partition coefficient (Wildman–Crippen LogP) is 2.08. The summed E-state index contributed by atoms with van der Waals surface area (Å²) in [5.41, 5.74) is 0.908. The average molecular weight is 300 g/mol. The van der Waals surface area contributed by atoms with Crippen LogP contribution in [0.5, 0.6) is 0 Å². The Labute approximate surface area is 129 Å². The number of ether oxygens (including phenoxy) is 1. The van der Waals surface area contributed by atoms with Gasteiger partial charge in [0.05, 0.1) is 7.11 Å². The molecule has 22 heavy (non-hydrogen) atoms. The van der Waals surface area contributed by atoms with E-state index in [1.54, 1.807) is 12.3 Å². The molecule has 1 aliphatic heterocycles. The SMILES string of the molecule is C=Cc1ccc2cc[nH]c(=O)c2c1.COC(=O)[C@@H]1CCCN1. The zero-order valence-electron chi connectivity index (χ0n) is 12.6. The zero-order chi connectivity index (χ0) is 15.9. The molecule has 2 aromatic rings. The number of hydrogen-bond acceptors (Lipinski definition) is 4. The number of esters is 1. The highest BCUT2D eigenvalue weighted by Crippen LogP contribution is 2.11. The number of methoxy groups -OCH3 is 1. The molecule has 0 unspecified atom stereocenters. The number of benzene rings is 1. The van der Waals surface area contributed by atoms with Crippen molar-refractivity contribution < 1.29 is 9.53 Å². The lowest BCUT2D eigenvalue weighted by atomic mass is 10.1. The first-order chi connectivity index (χ1) is 10.7. The fourth-order valence-corrected chi connectivity index (χ4v) is 2.36. The van der Waals surface area contributed by atoms with Crippen LogP contribution in [0.25, 0.3) is 16.8 Å². The van der Waals surface area contributed by atoms with Gasteiger partial charge < -0.3 is 15.0 Å². The Hall–Kier alpha value is -2.40. The lowest BCUT2D eigenvalue weighted by molar-refractivity contribution is -0.142. The molecule has 2 heterocycles. The molecular formula is C17H20N2O3. The van der Waals surface area contributed by atoms with Crippen LogP contribution < -0.4 is 10.9 Å². The highest BCUT2D eigenvalue weighted by Gasteiger charge is 2.21. The van der Waals surface area contributed by atoms with Gasteiger partial charge in [-0.2, -0.15) is 0 Å². The van der Waals surface area contributed by atoms with Gasteiger partial charge in [-0.3, -0.25) is 9.59 Å². The molecule has 1 aromatic carbocycles. The molecule has 1 fully saturated rings. The number of aromatic nitrogens is 1. The third-order valence-corrected chi connectivity index (χ3v) is 3.58. The van der Waals surface area contributed by atoms with Crippen molar-refractivity contribution >= 4 is 22.8 Å². The Kier molecular flexibility index (Phi) is 5.49. The normalized spacial score (nSPS) is 16.7. The van der Waals surface area contributed by atoms with Gasteiger partial charge in [0.2, 0.25) is 0 Å². The van der Waals surface area contributed by atoms with E-state index >= 15 is 0 Å². The molecule has 0 bridgehead atoms. The third kappa shape index (κ3) is 3.83. The molecule has 0 amide bonds. The smallest absolute Gasteiger partial charge is 0.322 e. The fourth-order valence-electron chi connectivity index (χ4n) is 2.36. The monoisotopic (exact) mass is 300 g/mol. The Balaban J connectivity index is 0.000000172. The van der Waals surface area contributed by atoms with E-state index in [1.165, 1.54) is 7.11 Å². The molecule has 1 atom stereocenters. The van der Waals surface area contributed by atoms with Crippen molar-refractivity contribution in [2.45, 2.75) is 18.9 Å². The van der Waals surface area contributed by atoms with Crippen molar-refractivity contribution in [2.24, 2.45) is 0 Å². The molecule has 3 rings (SSSR count). The molecule has 0 radical (unpaired) electrons. The van der Waals surface area contributed by atoms with Crippen LogP contribution in [-0.2, 0) is 9.53 Å². The van der Waals surface area contributed by atoms with Crippen LogP contribution >= 0.6 is 0 Å². The van der Waals surface area contributed by atoms with Gasteiger partial charge in [0, 0.05) is 11.6 Å². The maximum Gasteiger partial charge on any atom is 0.322 e. The minimum atomic E-state index is -0.132. The predicted molar refractivity (Wildman–Crippen MR) is 87.7 cm³/mol. The van der Waals surface area contributed by atoms with Crippen LogP contribution in [0.2, 0.25) is 0 Å². The van der Waals surface area contributed by atoms with E-state index < -0.39 is 0 Å². The Morgan fingerprint density at radius 2 is 2.23 bits per heavy atom. The zero-order valence-corrected chi connectivity index (χ0v) is 12.6. The number of fused-ring (bicyclic) bond motifs is 1. The first-order valence-corrected chi connectivity index (χ1v) is 7.21. The maximum absolute atomic E-state index is 11.4. The number of pyridine rings is 1. The Morgan fingerprint density at radius 1 is 1.41 bits per heavy atom. The van der Waals surface area contributed by atoms with Crippen molar-refractivity contribution in [3.8, 4) is 0 Å². The van der Waals surface area contributed by atoms with Crippen LogP contribution in [0, 0.1) is 0 Å². The average Bonchev–Trinajstić information content (AvgIpc) is 3.09. The van der Waals surface area contributed by atoms with E-state index in [-0.39, 0.29) is 17.6 Å². The summed E-state index contributed by atoms with van der Waals surface area (Å²) in [5.74, 6) is -0.132. The second-order valence-electron chi connectivity index (χ2n) is 5.03. The van der Waals surface area contributed by atoms with Crippen LogP contribution in [0.1, 0.15) is 18.4 Å². The van der Waals surface area contributed by atoms with Gasteiger partial charge in [0.25, 0.3) is 5.56 Å². The van der Waals surface area contributed by atoms with Gasteiger partial charge in [-0.15, -0.1) is 0 Å². The van der Waals surface area contributed by atoms with E-state index in [1.807, 2.05) is 24.3 Å². The number of H-pyrrole nitrogens is 1. The van der Waals surface area contributed by atoms with Gasteiger partial charge in [0.1, 0.15) is 6.04 Å². The van der Waals surface area contributed by atoms with Crippen LogP contribution in [-0.4, -0.2) is 30.6 Å². The van der Waals surface area contributed by atoms with E-state index in [0.29, 0.717) is 5.39 Å². The molecule has 116 valence electrons. The van der Waals surface area contributed by atoms with Gasteiger partial charge >= 0.3 is 5.97 Å². The number of nitrogens with one attached hydrogen (secondary N) is 2. The van der Waals surface area contributed by atoms with E-state index in [9.17, 15) is 9.59 Å². The maximum atomic E-state index is 11.4. The standard InChI is InChI=1S/C11H9NO.C6H11NO2/c1-2-8-3-4-9-5-6-12-11(13)10(9)7-8;1-9-6(8)5-3-2-4-7-5/h2-7H,1H2,(H,12,13);5,7H,2-4H2,1H3/t;5-/m.0/s1. The number of rotatable bonds is 2. The lowest BCUT2D eigenvalue weighted by Gasteiger charge is -2.04. The summed E-state index contributed by atoms with van der Waals surface area (Å²) in [6.45, 7) is 4.60. The minimum Gasteiger partial charge on any atom is -0.468 e. The van der Waals surface area contributed by atoms with Gasteiger partial charge in [0.15, 0.2) is 0 Å². The summed E-state index contributed by atoms with van der Waals surface area (Å²) < 4.78 is 4.53. The van der Waals surface area contributed by atoms with Crippen molar-refractivity contribution in [1.29, 1.82) is 0 Å². The molecule has 0 aliphatic carbocycles. The number of carbonyl (C=O) groups is 1. The molecule has 5 heteroatoms. The summed E-state index contributed by atoms with van der Waals surface area (Å²) in [6, 6.07) is 7.54. The number of aromatic amines is 1. The first-order valence-electron chi connectivity index (χ1n) is 7.21. The van der Waals surface area contributed by atoms with Gasteiger partial charge in [-0.25, -0.2) is 0 Å². The highest BCUT2D eigenvalue weighted by molar-refractivity contribution is 5.83. The van der Waals surface area contributed by atoms with E-state index in [2.05, 4.69) is 21.6 Å². The molecule has 0 spiro atoms. The molecule has 2 N–H and O–H groups in total. The molecular weight excluding hydrogens is 280 g/mol.